The topological polar surface area (TPSA) is 47.9 Å². The number of hydrogen-bond acceptors (Lipinski definition) is 4. The van der Waals surface area contributed by atoms with Gasteiger partial charge in [-0.2, -0.15) is 0 Å². The highest BCUT2D eigenvalue weighted by molar-refractivity contribution is 5.97. The Kier molecular flexibility index (Phi) is 6.19. The first kappa shape index (κ1) is 30.0. The van der Waals surface area contributed by atoms with Gasteiger partial charge >= 0.3 is 0 Å². The number of para-hydroxylation sites is 1. The van der Waals surface area contributed by atoms with E-state index in [2.05, 4.69) is 141 Å². The van der Waals surface area contributed by atoms with E-state index in [0.29, 0.717) is 17.5 Å². The van der Waals surface area contributed by atoms with Crippen LogP contribution < -0.4 is 4.74 Å². The molecule has 2 aliphatic carbocycles. The molecule has 1 aromatic heterocycles. The fraction of sp³-hybridized carbons (Fsp3) is 0.0816. The molecule has 11 rings (SSSR count). The zero-order valence-corrected chi connectivity index (χ0v) is 29.3. The smallest absolute Gasteiger partial charge is 0.164 e. The second kappa shape index (κ2) is 10.9. The van der Waals surface area contributed by atoms with Gasteiger partial charge < -0.3 is 4.74 Å². The molecule has 1 spiro atoms. The van der Waals surface area contributed by atoms with Gasteiger partial charge in [-0.15, -0.1) is 0 Å². The molecule has 0 N–H and O–H groups in total. The van der Waals surface area contributed by atoms with Crippen molar-refractivity contribution in [3.05, 3.63) is 197 Å². The van der Waals surface area contributed by atoms with Crippen molar-refractivity contribution in [2.24, 2.45) is 0 Å². The first-order chi connectivity index (χ1) is 26.0. The van der Waals surface area contributed by atoms with E-state index in [9.17, 15) is 0 Å². The zero-order valence-electron chi connectivity index (χ0n) is 29.3. The van der Waals surface area contributed by atoms with Crippen LogP contribution in [0, 0.1) is 0 Å². The van der Waals surface area contributed by atoms with Gasteiger partial charge in [-0.1, -0.05) is 172 Å². The number of hydrogen-bond donors (Lipinski definition) is 0. The van der Waals surface area contributed by atoms with Crippen LogP contribution in [0.1, 0.15) is 47.2 Å². The maximum Gasteiger partial charge on any atom is 0.164 e. The summed E-state index contributed by atoms with van der Waals surface area (Å²) in [5, 5.41) is 0. The maximum absolute atomic E-state index is 7.21. The van der Waals surface area contributed by atoms with Gasteiger partial charge in [-0.3, -0.25) is 0 Å². The van der Waals surface area contributed by atoms with Crippen LogP contribution in [0.25, 0.3) is 56.4 Å². The quantitative estimate of drug-likeness (QED) is 0.186. The van der Waals surface area contributed by atoms with Crippen molar-refractivity contribution in [3.63, 3.8) is 0 Å². The third-order valence-electron chi connectivity index (χ3n) is 11.6. The molecular formula is C49H33N3O. The summed E-state index contributed by atoms with van der Waals surface area (Å²) < 4.78 is 7.21. The van der Waals surface area contributed by atoms with E-state index in [-0.39, 0.29) is 5.41 Å². The van der Waals surface area contributed by atoms with Gasteiger partial charge in [-0.25, -0.2) is 15.0 Å². The minimum atomic E-state index is -0.553. The van der Waals surface area contributed by atoms with Crippen LogP contribution in [0.5, 0.6) is 11.5 Å². The molecule has 4 heteroatoms. The van der Waals surface area contributed by atoms with Gasteiger partial charge in [0.2, 0.25) is 0 Å². The van der Waals surface area contributed by atoms with Crippen LogP contribution in [0.15, 0.2) is 164 Å². The number of nitrogens with zero attached hydrogens (tertiary/aromatic N) is 3. The first-order valence-corrected chi connectivity index (χ1v) is 18.2. The Morgan fingerprint density at radius 3 is 1.49 bits per heavy atom. The lowest BCUT2D eigenvalue weighted by atomic mass is 9.65. The number of rotatable bonds is 3. The third kappa shape index (κ3) is 4.03. The lowest BCUT2D eigenvalue weighted by molar-refractivity contribution is 0.437. The van der Waals surface area contributed by atoms with E-state index in [0.717, 1.165) is 50.4 Å². The fourth-order valence-electron chi connectivity index (χ4n) is 9.29. The van der Waals surface area contributed by atoms with Crippen LogP contribution >= 0.6 is 0 Å². The Morgan fingerprint density at radius 1 is 0.377 bits per heavy atom. The summed E-state index contributed by atoms with van der Waals surface area (Å²) in [7, 11) is 0. The number of ether oxygens (including phenoxy) is 1. The highest BCUT2D eigenvalue weighted by Crippen LogP contribution is 2.66. The minimum Gasteiger partial charge on any atom is -0.456 e. The molecule has 3 aliphatic rings. The van der Waals surface area contributed by atoms with Crippen LogP contribution in [0.4, 0.5) is 0 Å². The van der Waals surface area contributed by atoms with Crippen molar-refractivity contribution >= 4 is 0 Å². The van der Waals surface area contributed by atoms with Gasteiger partial charge in [0.25, 0.3) is 0 Å². The minimum absolute atomic E-state index is 0.299. The third-order valence-corrected chi connectivity index (χ3v) is 11.6. The van der Waals surface area contributed by atoms with Crippen molar-refractivity contribution in [1.29, 1.82) is 0 Å². The van der Waals surface area contributed by atoms with Crippen LogP contribution in [0.2, 0.25) is 0 Å². The first-order valence-electron chi connectivity index (χ1n) is 18.2. The lowest BCUT2D eigenvalue weighted by Crippen LogP contribution is -2.32. The highest BCUT2D eigenvalue weighted by Gasteiger charge is 2.53. The van der Waals surface area contributed by atoms with Gasteiger partial charge in [0.05, 0.1) is 5.41 Å². The molecule has 0 fully saturated rings. The molecule has 1 aliphatic heterocycles. The summed E-state index contributed by atoms with van der Waals surface area (Å²) in [6.07, 6.45) is 0. The maximum atomic E-state index is 7.21. The van der Waals surface area contributed by atoms with Crippen molar-refractivity contribution in [2.45, 2.75) is 24.7 Å². The van der Waals surface area contributed by atoms with Crippen molar-refractivity contribution < 1.29 is 4.74 Å². The molecule has 0 atom stereocenters. The highest BCUT2D eigenvalue weighted by atomic mass is 16.5. The fourth-order valence-corrected chi connectivity index (χ4v) is 9.29. The molecule has 0 saturated carbocycles. The van der Waals surface area contributed by atoms with E-state index < -0.39 is 5.41 Å². The standard InChI is InChI=1S/C49H33N3O/c1-48(2)38-26-15-22-34(47-51-45(30-16-5-3-6-17-30)50-46(52-47)31-18-7-4-8-19-31)42(38)43-39(48)28-29-40-44(43)53-41-27-14-13-25-37(41)49(40)35-23-11-9-20-32(35)33-21-10-12-24-36(33)49/h3-29H,1-2H3. The summed E-state index contributed by atoms with van der Waals surface area (Å²) in [6.45, 7) is 4.64. The van der Waals surface area contributed by atoms with Crippen LogP contribution in [0.3, 0.4) is 0 Å². The molecule has 2 heterocycles. The molecule has 0 amide bonds. The van der Waals surface area contributed by atoms with Crippen molar-refractivity contribution in [2.75, 3.05) is 0 Å². The Morgan fingerprint density at radius 2 is 0.849 bits per heavy atom. The second-order valence-electron chi connectivity index (χ2n) is 14.7. The average Bonchev–Trinajstić information content (AvgIpc) is 3.64. The van der Waals surface area contributed by atoms with E-state index in [1.54, 1.807) is 0 Å². The predicted octanol–water partition coefficient (Wildman–Crippen LogP) is 11.6. The van der Waals surface area contributed by atoms with Crippen molar-refractivity contribution in [3.8, 4) is 67.9 Å². The summed E-state index contributed by atoms with van der Waals surface area (Å²) in [6, 6.07) is 58.0. The molecule has 53 heavy (non-hydrogen) atoms. The van der Waals surface area contributed by atoms with E-state index >= 15 is 0 Å². The lowest BCUT2D eigenvalue weighted by Gasteiger charge is -2.40. The molecular weight excluding hydrogens is 647 g/mol. The Balaban J connectivity index is 1.23. The molecule has 8 aromatic rings. The van der Waals surface area contributed by atoms with E-state index in [4.69, 9.17) is 19.7 Å². The van der Waals surface area contributed by atoms with Crippen LogP contribution in [-0.2, 0) is 10.8 Å². The summed E-state index contributed by atoms with van der Waals surface area (Å²) >= 11 is 0. The zero-order chi connectivity index (χ0) is 35.3. The van der Waals surface area contributed by atoms with Gasteiger partial charge in [0, 0.05) is 44.4 Å². The average molecular weight is 680 g/mol. The van der Waals surface area contributed by atoms with Crippen LogP contribution in [-0.4, -0.2) is 15.0 Å². The van der Waals surface area contributed by atoms with Gasteiger partial charge in [0.15, 0.2) is 17.5 Å². The molecule has 0 bridgehead atoms. The monoisotopic (exact) mass is 679 g/mol. The SMILES string of the molecule is CC1(C)c2cccc(-c3nc(-c4ccccc4)nc(-c4ccccc4)n3)c2-c2c1ccc1c2Oc2ccccc2C12c1ccccc1-c1ccccc12. The van der Waals surface area contributed by atoms with E-state index in [1.165, 1.54) is 33.4 Å². The number of benzene rings is 7. The number of fused-ring (bicyclic) bond motifs is 13. The molecule has 7 aromatic carbocycles. The Bertz CT molecular complexity index is 2680. The Hall–Kier alpha value is -6.65. The predicted molar refractivity (Wildman–Crippen MR) is 211 cm³/mol. The molecule has 0 saturated heterocycles. The largest absolute Gasteiger partial charge is 0.456 e. The van der Waals surface area contributed by atoms with Crippen molar-refractivity contribution in [1.82, 2.24) is 15.0 Å². The van der Waals surface area contributed by atoms with Gasteiger partial charge in [0.1, 0.15) is 11.5 Å². The van der Waals surface area contributed by atoms with E-state index in [1.807, 2.05) is 36.4 Å². The normalized spacial score (nSPS) is 14.7. The second-order valence-corrected chi connectivity index (χ2v) is 14.7. The molecule has 250 valence electrons. The Labute approximate surface area is 308 Å². The summed E-state index contributed by atoms with van der Waals surface area (Å²) in [4.78, 5) is 15.4. The molecule has 0 radical (unpaired) electrons. The van der Waals surface area contributed by atoms with Gasteiger partial charge in [-0.05, 0) is 39.4 Å². The summed E-state index contributed by atoms with van der Waals surface area (Å²) in [5.41, 5.74) is 14.1. The molecule has 4 nitrogen and oxygen atoms in total. The summed E-state index contributed by atoms with van der Waals surface area (Å²) in [5.74, 6) is 3.69. The number of aromatic nitrogens is 3. The molecule has 0 unspecified atom stereocenters.